The van der Waals surface area contributed by atoms with Crippen LogP contribution in [0.3, 0.4) is 0 Å². The molecule has 5 nitrogen and oxygen atoms in total. The number of carbonyl (C=O) groups is 1. The number of unbranched alkanes of at least 4 members (excludes halogenated alkanes) is 1. The normalized spacial score (nSPS) is 14.9. The van der Waals surface area contributed by atoms with Crippen molar-refractivity contribution < 1.29 is 9.90 Å². The second-order valence-electron chi connectivity index (χ2n) is 3.73. The minimum absolute atomic E-state index is 0.326. The highest BCUT2D eigenvalue weighted by molar-refractivity contribution is 5.56. The Morgan fingerprint density at radius 2 is 2.07 bits per heavy atom. The van der Waals surface area contributed by atoms with Gasteiger partial charge < -0.3 is 26.7 Å². The van der Waals surface area contributed by atoms with E-state index in [-0.39, 0.29) is 12.1 Å². The van der Waals surface area contributed by atoms with Crippen molar-refractivity contribution in [2.45, 2.75) is 37.8 Å². The zero-order chi connectivity index (χ0) is 11.5. The van der Waals surface area contributed by atoms with Gasteiger partial charge in [0.2, 0.25) is 0 Å². The summed E-state index contributed by atoms with van der Waals surface area (Å²) in [4.78, 5) is 10.2. The van der Waals surface area contributed by atoms with Gasteiger partial charge in [-0.25, -0.2) is 0 Å². The molecule has 0 bridgehead atoms. The van der Waals surface area contributed by atoms with Crippen LogP contribution in [0.2, 0.25) is 0 Å². The van der Waals surface area contributed by atoms with Gasteiger partial charge in [0.1, 0.15) is 6.29 Å². The van der Waals surface area contributed by atoms with E-state index in [1.165, 1.54) is 0 Å². The van der Waals surface area contributed by atoms with Crippen LogP contribution in [0.25, 0.3) is 0 Å². The molecule has 0 saturated heterocycles. The third-order valence-corrected chi connectivity index (χ3v) is 2.20. The molecule has 0 spiro atoms. The summed E-state index contributed by atoms with van der Waals surface area (Å²) >= 11 is 0. The number of hydrogen-bond donors (Lipinski definition) is 4. The first-order valence-electron chi connectivity index (χ1n) is 5.50. The van der Waals surface area contributed by atoms with E-state index in [4.69, 9.17) is 11.5 Å². The zero-order valence-corrected chi connectivity index (χ0v) is 9.19. The Balaban J connectivity index is 3.14. The van der Waals surface area contributed by atoms with E-state index in [9.17, 15) is 9.90 Å². The van der Waals surface area contributed by atoms with Crippen LogP contribution in [-0.4, -0.2) is 43.2 Å². The van der Waals surface area contributed by atoms with Gasteiger partial charge in [0.15, 0.2) is 0 Å². The fraction of sp³-hybridized carbons (Fsp3) is 0.900. The lowest BCUT2D eigenvalue weighted by molar-refractivity contribution is -0.109. The first-order chi connectivity index (χ1) is 7.20. The number of carbonyl (C=O) groups excluding carboxylic acids is 1. The Hall–Kier alpha value is -0.490. The average molecular weight is 217 g/mol. The van der Waals surface area contributed by atoms with E-state index in [2.05, 4.69) is 5.32 Å². The zero-order valence-electron chi connectivity index (χ0n) is 9.19. The van der Waals surface area contributed by atoms with E-state index in [0.717, 1.165) is 32.1 Å². The molecule has 0 amide bonds. The lowest BCUT2D eigenvalue weighted by Crippen LogP contribution is -2.29. The van der Waals surface area contributed by atoms with Crippen LogP contribution in [0.1, 0.15) is 25.7 Å². The fourth-order valence-electron chi connectivity index (χ4n) is 1.26. The van der Waals surface area contributed by atoms with Crippen LogP contribution in [0.4, 0.5) is 0 Å². The predicted molar refractivity (Wildman–Crippen MR) is 60.4 cm³/mol. The molecule has 0 aliphatic carbocycles. The van der Waals surface area contributed by atoms with Crippen molar-refractivity contribution in [3.05, 3.63) is 0 Å². The molecule has 0 saturated carbocycles. The smallest absolute Gasteiger partial charge is 0.136 e. The summed E-state index contributed by atoms with van der Waals surface area (Å²) in [7, 11) is 0. The molecule has 0 fully saturated rings. The van der Waals surface area contributed by atoms with E-state index >= 15 is 0 Å². The summed E-state index contributed by atoms with van der Waals surface area (Å²) in [6.07, 6.45) is 3.68. The quantitative estimate of drug-likeness (QED) is 0.277. The summed E-state index contributed by atoms with van der Waals surface area (Å²) in [6.45, 7) is 1.93. The van der Waals surface area contributed by atoms with Gasteiger partial charge in [-0.2, -0.15) is 0 Å². The molecule has 0 aliphatic heterocycles. The molecule has 5 heteroatoms. The molecule has 0 aromatic rings. The Morgan fingerprint density at radius 3 is 2.67 bits per heavy atom. The largest absolute Gasteiger partial charge is 0.392 e. The number of nitrogens with two attached hydrogens (primary N) is 2. The van der Waals surface area contributed by atoms with E-state index in [0.29, 0.717) is 19.5 Å². The van der Waals surface area contributed by atoms with Crippen LogP contribution in [0.5, 0.6) is 0 Å². The summed E-state index contributed by atoms with van der Waals surface area (Å²) in [5, 5.41) is 12.5. The van der Waals surface area contributed by atoms with Crippen molar-refractivity contribution in [3.63, 3.8) is 0 Å². The topological polar surface area (TPSA) is 101 Å². The Kier molecular flexibility index (Phi) is 9.71. The standard InChI is InChI=1S/C10H23N3O2/c11-5-4-10(15)7-13-6-2-1-3-9(12)8-14/h8-10,13,15H,1-7,11-12H2/t9-,10-/m0/s1. The van der Waals surface area contributed by atoms with E-state index in [1.54, 1.807) is 0 Å². The minimum Gasteiger partial charge on any atom is -0.392 e. The van der Waals surface area contributed by atoms with Crippen molar-refractivity contribution in [2.24, 2.45) is 11.5 Å². The van der Waals surface area contributed by atoms with Gasteiger partial charge in [0, 0.05) is 6.54 Å². The summed E-state index contributed by atoms with van der Waals surface area (Å²) in [5.41, 5.74) is 10.7. The molecule has 0 radical (unpaired) electrons. The summed E-state index contributed by atoms with van der Waals surface area (Å²) in [5.74, 6) is 0. The predicted octanol–water partition coefficient (Wildman–Crippen LogP) is -1.02. The first kappa shape index (κ1) is 14.5. The SMILES string of the molecule is NCC[C@H](O)CNCCCC[C@H](N)C=O. The Labute approximate surface area is 91.2 Å². The number of aldehydes is 1. The van der Waals surface area contributed by atoms with Crippen molar-refractivity contribution >= 4 is 6.29 Å². The number of aliphatic hydroxyl groups is 1. The molecule has 0 rings (SSSR count). The van der Waals surface area contributed by atoms with Gasteiger partial charge in [-0.1, -0.05) is 6.42 Å². The molecular formula is C10H23N3O2. The lowest BCUT2D eigenvalue weighted by Gasteiger charge is -2.10. The Morgan fingerprint density at radius 1 is 1.33 bits per heavy atom. The highest BCUT2D eigenvalue weighted by atomic mass is 16.3. The fourth-order valence-corrected chi connectivity index (χ4v) is 1.26. The molecule has 0 heterocycles. The van der Waals surface area contributed by atoms with Gasteiger partial charge in [-0.15, -0.1) is 0 Å². The highest BCUT2D eigenvalue weighted by Gasteiger charge is 2.02. The van der Waals surface area contributed by atoms with Crippen molar-refractivity contribution in [3.8, 4) is 0 Å². The molecule has 6 N–H and O–H groups in total. The second kappa shape index (κ2) is 10.0. The summed E-state index contributed by atoms with van der Waals surface area (Å²) in [6, 6.07) is -0.326. The number of aliphatic hydroxyl groups excluding tert-OH is 1. The van der Waals surface area contributed by atoms with Gasteiger partial charge in [0.05, 0.1) is 12.1 Å². The molecule has 0 aromatic carbocycles. The molecule has 90 valence electrons. The molecule has 0 aromatic heterocycles. The first-order valence-corrected chi connectivity index (χ1v) is 5.50. The molecule has 2 atom stereocenters. The van der Waals surface area contributed by atoms with Crippen LogP contribution in [-0.2, 0) is 4.79 Å². The maximum Gasteiger partial charge on any atom is 0.136 e. The lowest BCUT2D eigenvalue weighted by atomic mass is 10.1. The molecule has 0 aliphatic rings. The van der Waals surface area contributed by atoms with Crippen LogP contribution < -0.4 is 16.8 Å². The Bertz CT molecular complexity index is 156. The maximum atomic E-state index is 10.2. The van der Waals surface area contributed by atoms with Gasteiger partial charge in [-0.3, -0.25) is 0 Å². The second-order valence-corrected chi connectivity index (χ2v) is 3.73. The van der Waals surface area contributed by atoms with E-state index < -0.39 is 0 Å². The highest BCUT2D eigenvalue weighted by Crippen LogP contribution is 1.96. The van der Waals surface area contributed by atoms with Gasteiger partial charge in [-0.05, 0) is 32.4 Å². The van der Waals surface area contributed by atoms with Crippen LogP contribution in [0.15, 0.2) is 0 Å². The van der Waals surface area contributed by atoms with Crippen molar-refractivity contribution in [1.29, 1.82) is 0 Å². The van der Waals surface area contributed by atoms with Crippen molar-refractivity contribution in [1.82, 2.24) is 5.32 Å². The number of nitrogens with one attached hydrogen (secondary N) is 1. The third kappa shape index (κ3) is 9.81. The van der Waals surface area contributed by atoms with Crippen LogP contribution in [0, 0.1) is 0 Å². The van der Waals surface area contributed by atoms with Crippen molar-refractivity contribution in [2.75, 3.05) is 19.6 Å². The van der Waals surface area contributed by atoms with Gasteiger partial charge >= 0.3 is 0 Å². The summed E-state index contributed by atoms with van der Waals surface area (Å²) < 4.78 is 0. The monoisotopic (exact) mass is 217 g/mol. The van der Waals surface area contributed by atoms with Gasteiger partial charge in [0.25, 0.3) is 0 Å². The molecule has 15 heavy (non-hydrogen) atoms. The van der Waals surface area contributed by atoms with Crippen LogP contribution >= 0.6 is 0 Å². The molecular weight excluding hydrogens is 194 g/mol. The number of hydrogen-bond acceptors (Lipinski definition) is 5. The third-order valence-electron chi connectivity index (χ3n) is 2.20. The molecule has 0 unspecified atom stereocenters. The van der Waals surface area contributed by atoms with E-state index in [1.807, 2.05) is 0 Å². The minimum atomic E-state index is -0.354. The maximum absolute atomic E-state index is 10.2. The average Bonchev–Trinajstić information content (AvgIpc) is 2.23. The number of rotatable bonds is 10.